The Morgan fingerprint density at radius 3 is 2.38 bits per heavy atom. The monoisotopic (exact) mass is 555 g/mol. The van der Waals surface area contributed by atoms with E-state index in [4.69, 9.17) is 23.2 Å². The maximum Gasteiger partial charge on any atom is 1.00 e. The van der Waals surface area contributed by atoms with Gasteiger partial charge in [-0.1, -0.05) is 46.7 Å². The number of aromatic nitrogens is 2. The molecular weight excluding hydrogens is 532 g/mol. The molecule has 1 saturated carbocycles. The Bertz CT molecular complexity index is 1370. The molecule has 0 spiro atoms. The van der Waals surface area contributed by atoms with Gasteiger partial charge in [-0.15, -0.1) is 0 Å². The molecule has 2 aromatic heterocycles. The van der Waals surface area contributed by atoms with Gasteiger partial charge in [0.25, 0.3) is 5.91 Å². The molecule has 1 unspecified atom stereocenters. The number of aromatic amines is 1. The zero-order valence-electron chi connectivity index (χ0n) is 21.4. The second-order valence-electron chi connectivity index (χ2n) is 9.12. The Hall–Kier alpha value is -2.48. The van der Waals surface area contributed by atoms with Crippen LogP contribution in [0.5, 0.6) is 0 Å². The van der Waals surface area contributed by atoms with Gasteiger partial charge in [0.1, 0.15) is 10.6 Å². The average Bonchev–Trinajstić information content (AvgIpc) is 3.19. The molecule has 2 fully saturated rings. The molecule has 37 heavy (non-hydrogen) atoms. The van der Waals surface area contributed by atoms with E-state index in [1.165, 1.54) is 18.3 Å². The van der Waals surface area contributed by atoms with Crippen LogP contribution in [0.4, 0.5) is 10.8 Å². The quantitative estimate of drug-likeness (QED) is 0.325. The summed E-state index contributed by atoms with van der Waals surface area (Å²) in [6.45, 7) is 4.57. The van der Waals surface area contributed by atoms with Crippen LogP contribution in [0.3, 0.4) is 0 Å². The van der Waals surface area contributed by atoms with E-state index in [0.29, 0.717) is 46.7 Å². The third-order valence-corrected chi connectivity index (χ3v) is 8.66. The number of thiazole rings is 1. The molecule has 9 nitrogen and oxygen atoms in total. The number of carbonyl (C=O) groups excluding carboxylic acids is 2. The summed E-state index contributed by atoms with van der Waals surface area (Å²) in [5.74, 6) is -0.911. The number of amides is 2. The van der Waals surface area contributed by atoms with Crippen LogP contribution in [0.2, 0.25) is 10.0 Å². The number of halogens is 2. The molecule has 2 aliphatic rings. The maximum absolute atomic E-state index is 12.6. The van der Waals surface area contributed by atoms with Crippen molar-refractivity contribution in [3.05, 3.63) is 61.8 Å². The minimum atomic E-state index is -1.00. The van der Waals surface area contributed by atoms with E-state index in [-0.39, 0.29) is 65.6 Å². The summed E-state index contributed by atoms with van der Waals surface area (Å²) in [5.41, 5.74) is 2.99. The second kappa shape index (κ2) is 10.7. The predicted molar refractivity (Wildman–Crippen MR) is 140 cm³/mol. The van der Waals surface area contributed by atoms with Crippen molar-refractivity contribution in [2.24, 2.45) is 11.8 Å². The molecule has 3 heterocycles. The Morgan fingerprint density at radius 1 is 1.19 bits per heavy atom. The van der Waals surface area contributed by atoms with Crippen molar-refractivity contribution in [3.63, 3.8) is 0 Å². The van der Waals surface area contributed by atoms with Gasteiger partial charge >= 0.3 is 24.8 Å². The molecule has 13 heteroatoms. The molecule has 4 N–H and O–H groups in total. The average molecular weight is 556 g/mol. The van der Waals surface area contributed by atoms with Gasteiger partial charge in [-0.05, 0) is 24.6 Å². The molecule has 2 amide bonds. The molecule has 3 aromatic rings. The van der Waals surface area contributed by atoms with Crippen LogP contribution in [-0.4, -0.2) is 52.0 Å². The van der Waals surface area contributed by atoms with E-state index < -0.39 is 5.97 Å². The Labute approximate surface area is 240 Å². The van der Waals surface area contributed by atoms with E-state index >= 15 is 0 Å². The van der Waals surface area contributed by atoms with Gasteiger partial charge < -0.3 is 27.1 Å². The van der Waals surface area contributed by atoms with Crippen LogP contribution >= 0.6 is 34.5 Å². The first kappa shape index (κ1) is 27.5. The fourth-order valence-electron chi connectivity index (χ4n) is 4.71. The maximum atomic E-state index is 12.6. The normalized spacial score (nSPS) is 19.7. The van der Waals surface area contributed by atoms with Crippen LogP contribution < -0.4 is 34.4 Å². The minimum Gasteiger partial charge on any atom is -1.00 e. The molecule has 5 rings (SSSR count). The second-order valence-corrected chi connectivity index (χ2v) is 10.9. The zero-order chi connectivity index (χ0) is 25.7. The number of hydrogen-bond donors (Lipinski definition) is 4. The fourth-order valence-corrected chi connectivity index (χ4v) is 6.07. The summed E-state index contributed by atoms with van der Waals surface area (Å²) in [6, 6.07) is 7.29. The predicted octanol–water partition coefficient (Wildman–Crippen LogP) is 1.31. The van der Waals surface area contributed by atoms with Crippen molar-refractivity contribution >= 4 is 63.1 Å². The molecular formula is C24H24Cl2LiN5O4S. The number of piperidine rings is 1. The van der Waals surface area contributed by atoms with Crippen molar-refractivity contribution < 1.29 is 39.8 Å². The minimum absolute atomic E-state index is 0. The van der Waals surface area contributed by atoms with Crippen LogP contribution in [0, 0.1) is 18.8 Å². The fraction of sp³-hybridized carbons (Fsp3) is 0.333. The summed E-state index contributed by atoms with van der Waals surface area (Å²) in [4.78, 5) is 45.6. The number of H-pyrrole nitrogens is 1. The molecule has 1 aliphatic carbocycles. The number of carboxylic acid groups (broad SMARTS) is 1. The van der Waals surface area contributed by atoms with Crippen LogP contribution in [0.25, 0.3) is 0 Å². The smallest absolute Gasteiger partial charge is 1.00 e. The summed E-state index contributed by atoms with van der Waals surface area (Å²) < 4.78 is 0. The number of aryl methyl sites for hydroxylation is 1. The topological polar surface area (TPSA) is 127 Å². The standard InChI is InChI=1S/C24H23Cl2N5O4S.Li.H/c1-10-17(25)18(26)20(27-10)22(33)30-19-14-8-31(9-15(14)19)24-29-16(21(36-24)23(34)35)7-12-3-5-13(6-4-12)28-11(2)32;;/h3-6,14-15,19,27H,7-9H2,1-2H3,(H,28,32)(H,30,33)(H,34,35);;/q;+1;-1/t14-,15+,19?;;. The molecule has 3 atom stereocenters. The number of fused-ring (bicyclic) bond motifs is 1. The summed E-state index contributed by atoms with van der Waals surface area (Å²) in [6.07, 6.45) is 0.372. The van der Waals surface area contributed by atoms with E-state index in [1.54, 1.807) is 19.1 Å². The first-order valence-corrected chi connectivity index (χ1v) is 12.9. The van der Waals surface area contributed by atoms with Crippen LogP contribution in [-0.2, 0) is 11.2 Å². The molecule has 1 aliphatic heterocycles. The molecule has 0 bridgehead atoms. The molecule has 190 valence electrons. The van der Waals surface area contributed by atoms with Crippen molar-refractivity contribution in [1.82, 2.24) is 15.3 Å². The van der Waals surface area contributed by atoms with Gasteiger partial charge in [-0.25, -0.2) is 9.78 Å². The summed E-state index contributed by atoms with van der Waals surface area (Å²) in [7, 11) is 0. The van der Waals surface area contributed by atoms with Crippen LogP contribution in [0.15, 0.2) is 24.3 Å². The zero-order valence-corrected chi connectivity index (χ0v) is 22.7. The third kappa shape index (κ3) is 5.54. The number of hydrogen-bond acceptors (Lipinski definition) is 6. The summed E-state index contributed by atoms with van der Waals surface area (Å²) in [5, 5.41) is 16.7. The number of anilines is 2. The van der Waals surface area contributed by atoms with E-state index in [9.17, 15) is 19.5 Å². The first-order chi connectivity index (χ1) is 17.1. The number of nitrogens with one attached hydrogen (secondary N) is 3. The third-order valence-electron chi connectivity index (χ3n) is 6.57. The number of carboxylic acids is 1. The molecule has 0 radical (unpaired) electrons. The van der Waals surface area contributed by atoms with Gasteiger partial charge in [0.2, 0.25) is 5.91 Å². The van der Waals surface area contributed by atoms with E-state index in [0.717, 1.165) is 5.56 Å². The summed E-state index contributed by atoms with van der Waals surface area (Å²) >= 11 is 13.4. The first-order valence-electron chi connectivity index (χ1n) is 11.3. The van der Waals surface area contributed by atoms with Crippen molar-refractivity contribution in [2.45, 2.75) is 26.3 Å². The van der Waals surface area contributed by atoms with E-state index in [1.807, 2.05) is 12.1 Å². The van der Waals surface area contributed by atoms with Crippen molar-refractivity contribution in [1.29, 1.82) is 0 Å². The van der Waals surface area contributed by atoms with Gasteiger partial charge in [-0.2, -0.15) is 0 Å². The number of carbonyl (C=O) groups is 3. The molecule has 1 aromatic carbocycles. The van der Waals surface area contributed by atoms with Crippen molar-refractivity contribution in [2.75, 3.05) is 23.3 Å². The Kier molecular flexibility index (Phi) is 7.98. The number of nitrogens with zero attached hydrogens (tertiary/aromatic N) is 2. The van der Waals surface area contributed by atoms with Gasteiger partial charge in [0.15, 0.2) is 5.13 Å². The van der Waals surface area contributed by atoms with Crippen LogP contribution in [0.1, 0.15) is 45.5 Å². The number of rotatable bonds is 7. The number of benzene rings is 1. The Morgan fingerprint density at radius 2 is 1.84 bits per heavy atom. The van der Waals surface area contributed by atoms with Crippen molar-refractivity contribution in [3.8, 4) is 0 Å². The van der Waals surface area contributed by atoms with Gasteiger partial charge in [0, 0.05) is 55.7 Å². The molecule has 1 saturated heterocycles. The van der Waals surface area contributed by atoms with E-state index in [2.05, 4.69) is 25.5 Å². The number of aromatic carboxylic acids is 1. The van der Waals surface area contributed by atoms with Gasteiger partial charge in [-0.3, -0.25) is 9.59 Å². The van der Waals surface area contributed by atoms with Gasteiger partial charge in [0.05, 0.1) is 15.7 Å². The largest absolute Gasteiger partial charge is 1.00 e. The Balaban J connectivity index is 0.00000200. The SMILES string of the molecule is CC(=O)Nc1ccc(Cc2nc(N3C[C@@H]4C(NC(=O)c5[nH]c(C)c(Cl)c5Cl)[C@@H]4C3)sc2C(=O)O)cc1.[H-].[Li+].